The predicted molar refractivity (Wildman–Crippen MR) is 89.4 cm³/mol. The number of hydrazone groups is 1. The molecular weight excluding hydrogens is 336 g/mol. The van der Waals surface area contributed by atoms with Crippen molar-refractivity contribution < 1.29 is 19.1 Å². The van der Waals surface area contributed by atoms with Gasteiger partial charge in [-0.05, 0) is 19.4 Å². The van der Waals surface area contributed by atoms with Crippen LogP contribution in [0.1, 0.15) is 16.9 Å². The van der Waals surface area contributed by atoms with Crippen LogP contribution in [0.3, 0.4) is 0 Å². The molecule has 128 valence electrons. The van der Waals surface area contributed by atoms with E-state index in [1.54, 1.807) is 0 Å². The zero-order valence-electron chi connectivity index (χ0n) is 13.6. The molecule has 0 fully saturated rings. The van der Waals surface area contributed by atoms with Gasteiger partial charge in [0, 0.05) is 4.88 Å². The fourth-order valence-electron chi connectivity index (χ4n) is 1.91. The van der Waals surface area contributed by atoms with E-state index in [1.807, 2.05) is 13.8 Å². The van der Waals surface area contributed by atoms with Gasteiger partial charge in [0.25, 0.3) is 5.56 Å². The minimum atomic E-state index is -0.792. The highest BCUT2D eigenvalue weighted by Gasteiger charge is 2.18. The number of H-pyrrole nitrogens is 1. The molecule has 0 saturated carbocycles. The number of aryl methyl sites for hydroxylation is 2. The Morgan fingerprint density at radius 3 is 2.62 bits per heavy atom. The van der Waals surface area contributed by atoms with E-state index in [1.165, 1.54) is 25.6 Å². The average Bonchev–Trinajstić information content (AvgIpc) is 2.85. The molecule has 9 nitrogen and oxygen atoms in total. The van der Waals surface area contributed by atoms with Gasteiger partial charge in [0.1, 0.15) is 4.83 Å². The third-order valence-electron chi connectivity index (χ3n) is 3.30. The second-order valence-electron chi connectivity index (χ2n) is 4.79. The zero-order valence-corrected chi connectivity index (χ0v) is 14.4. The normalized spacial score (nSPS) is 11.4. The van der Waals surface area contributed by atoms with Crippen molar-refractivity contribution in [3.8, 4) is 0 Å². The number of rotatable bonds is 5. The molecule has 0 unspecified atom stereocenters. The van der Waals surface area contributed by atoms with Crippen molar-refractivity contribution in [3.05, 3.63) is 20.8 Å². The van der Waals surface area contributed by atoms with E-state index in [2.05, 4.69) is 30.0 Å². The first-order valence-electron chi connectivity index (χ1n) is 6.85. The molecule has 0 radical (unpaired) electrons. The maximum Gasteiger partial charge on any atom is 0.354 e. The largest absolute Gasteiger partial charge is 0.469 e. The Labute approximate surface area is 140 Å². The Balaban J connectivity index is 2.34. The summed E-state index contributed by atoms with van der Waals surface area (Å²) in [6, 6.07) is 0. The molecule has 2 N–H and O–H groups in total. The number of thiophene rings is 1. The lowest BCUT2D eigenvalue weighted by atomic mass is 10.2. The van der Waals surface area contributed by atoms with Crippen molar-refractivity contribution in [1.29, 1.82) is 0 Å². The van der Waals surface area contributed by atoms with Crippen molar-refractivity contribution in [2.75, 3.05) is 19.6 Å². The zero-order chi connectivity index (χ0) is 17.9. The molecule has 2 heterocycles. The molecule has 0 atom stereocenters. The summed E-state index contributed by atoms with van der Waals surface area (Å²) in [5, 5.41) is 4.32. The average molecular weight is 352 g/mol. The van der Waals surface area contributed by atoms with Crippen molar-refractivity contribution in [3.63, 3.8) is 0 Å². The number of methoxy groups -OCH3 is 2. The number of carbonyl (C=O) groups excluding carboxylic acids is 2. The standard InChI is InChI=1S/C14H16N4O5S/c1-6-7(2)24-12-10(6)11(20)15-14(16-12)18-17-8(13(21)23-4)5-9(19)22-3/h5H2,1-4H3,(H2,15,16,18,20). The third kappa shape index (κ3) is 3.59. The van der Waals surface area contributed by atoms with Crippen LogP contribution in [0.2, 0.25) is 0 Å². The van der Waals surface area contributed by atoms with E-state index in [4.69, 9.17) is 0 Å². The molecule has 2 rings (SSSR count). The molecule has 0 saturated heterocycles. The lowest BCUT2D eigenvalue weighted by Crippen LogP contribution is -2.22. The van der Waals surface area contributed by atoms with Crippen molar-refractivity contribution in [2.45, 2.75) is 20.3 Å². The van der Waals surface area contributed by atoms with E-state index >= 15 is 0 Å². The molecule has 0 aliphatic carbocycles. The fraction of sp³-hybridized carbons (Fsp3) is 0.357. The van der Waals surface area contributed by atoms with Crippen molar-refractivity contribution in [1.82, 2.24) is 9.97 Å². The number of ether oxygens (including phenoxy) is 2. The molecular formula is C14H16N4O5S. The maximum absolute atomic E-state index is 12.1. The van der Waals surface area contributed by atoms with Gasteiger partial charge in [-0.1, -0.05) is 0 Å². The van der Waals surface area contributed by atoms with E-state index in [9.17, 15) is 14.4 Å². The highest BCUT2D eigenvalue weighted by atomic mass is 32.1. The Bertz CT molecular complexity index is 883. The van der Waals surface area contributed by atoms with Crippen LogP contribution in [0.4, 0.5) is 5.95 Å². The summed E-state index contributed by atoms with van der Waals surface area (Å²) in [5.74, 6) is -1.39. The molecule has 2 aromatic heterocycles. The second-order valence-corrected chi connectivity index (χ2v) is 6.00. The van der Waals surface area contributed by atoms with Gasteiger partial charge in [-0.25, -0.2) is 15.2 Å². The maximum atomic E-state index is 12.1. The Kier molecular flexibility index (Phi) is 5.29. The number of nitrogens with one attached hydrogen (secondary N) is 2. The first-order valence-corrected chi connectivity index (χ1v) is 7.66. The molecule has 2 aromatic rings. The molecule has 24 heavy (non-hydrogen) atoms. The number of esters is 2. The second kappa shape index (κ2) is 7.21. The van der Waals surface area contributed by atoms with E-state index in [-0.39, 0.29) is 23.6 Å². The number of aromatic nitrogens is 2. The van der Waals surface area contributed by atoms with Crippen molar-refractivity contribution >= 4 is 45.2 Å². The summed E-state index contributed by atoms with van der Waals surface area (Å²) in [7, 11) is 2.36. The molecule has 0 bridgehead atoms. The van der Waals surface area contributed by atoms with Gasteiger partial charge >= 0.3 is 11.9 Å². The van der Waals surface area contributed by atoms with Crippen LogP contribution in [0.15, 0.2) is 9.90 Å². The molecule has 0 aromatic carbocycles. The van der Waals surface area contributed by atoms with Gasteiger partial charge in [-0.3, -0.25) is 14.6 Å². The third-order valence-corrected chi connectivity index (χ3v) is 4.40. The summed E-state index contributed by atoms with van der Waals surface area (Å²) in [5.41, 5.74) is 2.83. The molecule has 0 spiro atoms. The van der Waals surface area contributed by atoms with E-state index < -0.39 is 11.9 Å². The first-order chi connectivity index (χ1) is 11.4. The first kappa shape index (κ1) is 17.6. The number of hydrogen-bond donors (Lipinski definition) is 2. The van der Waals surface area contributed by atoms with Gasteiger partial charge in [-0.2, -0.15) is 5.10 Å². The number of hydrogen-bond acceptors (Lipinski definition) is 9. The van der Waals surface area contributed by atoms with Crippen LogP contribution < -0.4 is 11.0 Å². The minimum absolute atomic E-state index is 0.0556. The molecule has 10 heteroatoms. The van der Waals surface area contributed by atoms with Crippen molar-refractivity contribution in [2.24, 2.45) is 5.10 Å². The summed E-state index contributed by atoms with van der Waals surface area (Å²) >= 11 is 1.38. The van der Waals surface area contributed by atoms with Crippen LogP contribution in [0.25, 0.3) is 10.2 Å². The van der Waals surface area contributed by atoms with Gasteiger partial charge in [0.2, 0.25) is 5.95 Å². The van der Waals surface area contributed by atoms with Crippen LogP contribution in [0.5, 0.6) is 0 Å². The van der Waals surface area contributed by atoms with Gasteiger partial charge in [0.05, 0.1) is 26.0 Å². The smallest absolute Gasteiger partial charge is 0.354 e. The number of carbonyl (C=O) groups is 2. The lowest BCUT2D eigenvalue weighted by Gasteiger charge is -2.04. The summed E-state index contributed by atoms with van der Waals surface area (Å²) in [6.45, 7) is 3.75. The summed E-state index contributed by atoms with van der Waals surface area (Å²) in [4.78, 5) is 43.4. The van der Waals surface area contributed by atoms with Crippen LogP contribution in [-0.4, -0.2) is 41.8 Å². The Morgan fingerprint density at radius 2 is 2.00 bits per heavy atom. The minimum Gasteiger partial charge on any atom is -0.469 e. The van der Waals surface area contributed by atoms with Gasteiger partial charge < -0.3 is 9.47 Å². The SMILES string of the molecule is COC(=O)CC(=NNc1nc2sc(C)c(C)c2c(=O)[nH]1)C(=O)OC. The molecule has 0 aliphatic heterocycles. The topological polar surface area (TPSA) is 123 Å². The molecule has 0 aliphatic rings. The van der Waals surface area contributed by atoms with Gasteiger partial charge in [0.15, 0.2) is 5.71 Å². The molecule has 0 amide bonds. The summed E-state index contributed by atoms with van der Waals surface area (Å²) in [6.07, 6.45) is -0.375. The van der Waals surface area contributed by atoms with E-state index in [0.717, 1.165) is 10.4 Å². The monoisotopic (exact) mass is 352 g/mol. The number of nitrogens with zero attached hydrogens (tertiary/aromatic N) is 2. The number of fused-ring (bicyclic) bond motifs is 1. The fourth-order valence-corrected chi connectivity index (χ4v) is 2.94. The van der Waals surface area contributed by atoms with Crippen LogP contribution in [0, 0.1) is 13.8 Å². The predicted octanol–water partition coefficient (Wildman–Crippen LogP) is 1.11. The Morgan fingerprint density at radius 1 is 1.29 bits per heavy atom. The van der Waals surface area contributed by atoms with Crippen LogP contribution >= 0.6 is 11.3 Å². The number of aromatic amines is 1. The summed E-state index contributed by atoms with van der Waals surface area (Å²) < 4.78 is 9.04. The lowest BCUT2D eigenvalue weighted by molar-refractivity contribution is -0.140. The van der Waals surface area contributed by atoms with Gasteiger partial charge in [-0.15, -0.1) is 11.3 Å². The Hall–Kier alpha value is -2.75. The van der Waals surface area contributed by atoms with E-state index in [0.29, 0.717) is 10.2 Å². The quantitative estimate of drug-likeness (QED) is 0.469. The van der Waals surface area contributed by atoms with Crippen LogP contribution in [-0.2, 0) is 19.1 Å². The highest BCUT2D eigenvalue weighted by molar-refractivity contribution is 7.18. The highest BCUT2D eigenvalue weighted by Crippen LogP contribution is 2.26. The number of anilines is 1.